The van der Waals surface area contributed by atoms with Crippen LogP contribution in [0.1, 0.15) is 20.8 Å². The van der Waals surface area contributed by atoms with Gasteiger partial charge in [0.1, 0.15) is 12.1 Å². The molecule has 1 aromatic heterocycles. The number of rotatable bonds is 4. The highest BCUT2D eigenvalue weighted by atomic mass is 79.9. The molecule has 1 aromatic rings. The summed E-state index contributed by atoms with van der Waals surface area (Å²) in [6, 6.07) is 5.09. The van der Waals surface area contributed by atoms with E-state index in [1.54, 1.807) is 19.2 Å². The molecule has 1 atom stereocenters. The number of hydrogen-bond acceptors (Lipinski definition) is 3. The summed E-state index contributed by atoms with van der Waals surface area (Å²) >= 11 is 3.24. The number of pyridine rings is 1. The maximum atomic E-state index is 11.9. The Morgan fingerprint density at radius 2 is 2.21 bits per heavy atom. The van der Waals surface area contributed by atoms with Crippen molar-refractivity contribution in [2.45, 2.75) is 32.9 Å². The van der Waals surface area contributed by atoms with Crippen molar-refractivity contribution >= 4 is 21.8 Å². The second-order valence-electron chi connectivity index (χ2n) is 4.83. The van der Waals surface area contributed by atoms with Crippen molar-refractivity contribution in [1.82, 2.24) is 9.88 Å². The summed E-state index contributed by atoms with van der Waals surface area (Å²) in [5.74, 6) is -0.390. The number of nitrogens with one attached hydrogen (secondary N) is 1. The van der Waals surface area contributed by atoms with Crippen molar-refractivity contribution in [3.05, 3.63) is 33.2 Å². The molecule has 6 heteroatoms. The molecule has 0 spiro atoms. The van der Waals surface area contributed by atoms with E-state index in [0.29, 0.717) is 4.47 Å². The molecule has 0 bridgehead atoms. The van der Waals surface area contributed by atoms with Gasteiger partial charge < -0.3 is 9.88 Å². The smallest absolute Gasteiger partial charge is 0.251 e. The highest BCUT2D eigenvalue weighted by Gasteiger charge is 2.29. The van der Waals surface area contributed by atoms with Crippen LogP contribution < -0.4 is 10.9 Å². The molecule has 0 unspecified atom stereocenters. The average molecular weight is 326 g/mol. The second kappa shape index (κ2) is 6.02. The average Bonchev–Trinajstić information content (AvgIpc) is 2.33. The summed E-state index contributed by atoms with van der Waals surface area (Å²) in [5, 5.41) is 11.8. The summed E-state index contributed by atoms with van der Waals surface area (Å²) in [5.41, 5.74) is -1.20. The summed E-state index contributed by atoms with van der Waals surface area (Å²) in [6.07, 6.45) is 1.54. The number of nitrogens with zero attached hydrogens (tertiary/aromatic N) is 2. The van der Waals surface area contributed by atoms with Crippen molar-refractivity contribution in [2.75, 3.05) is 0 Å². The molecule has 0 aromatic carbocycles. The molecule has 0 saturated heterocycles. The standard InChI is InChI=1S/C13H16BrN3O2/c1-9(2)13(3,8-15)16-11(18)7-17-6-10(14)4-5-12(17)19/h4-6,9H,7H2,1-3H3,(H,16,18)/t13-/m0/s1. The van der Waals surface area contributed by atoms with Crippen molar-refractivity contribution in [1.29, 1.82) is 5.26 Å². The first-order valence-electron chi connectivity index (χ1n) is 5.87. The Kier molecular flexibility index (Phi) is 4.90. The van der Waals surface area contributed by atoms with E-state index in [1.165, 1.54) is 10.6 Å². The minimum atomic E-state index is -0.938. The molecule has 0 radical (unpaired) electrons. The molecule has 1 amide bonds. The maximum Gasteiger partial charge on any atom is 0.251 e. The molecule has 0 saturated carbocycles. The molecule has 0 aliphatic heterocycles. The van der Waals surface area contributed by atoms with E-state index in [1.807, 2.05) is 13.8 Å². The molecule has 5 nitrogen and oxygen atoms in total. The van der Waals surface area contributed by atoms with Gasteiger partial charge in [-0.05, 0) is 34.8 Å². The van der Waals surface area contributed by atoms with Crippen molar-refractivity contribution in [3.63, 3.8) is 0 Å². The Morgan fingerprint density at radius 1 is 1.58 bits per heavy atom. The zero-order valence-electron chi connectivity index (χ0n) is 11.1. The van der Waals surface area contributed by atoms with Crippen LogP contribution in [0.4, 0.5) is 0 Å². The lowest BCUT2D eigenvalue weighted by molar-refractivity contribution is -0.123. The minimum absolute atomic E-state index is 0.0271. The molecule has 1 rings (SSSR count). The third-order valence-electron chi connectivity index (χ3n) is 3.05. The van der Waals surface area contributed by atoms with E-state index >= 15 is 0 Å². The molecular formula is C13H16BrN3O2. The third kappa shape index (κ3) is 3.93. The number of hydrogen-bond donors (Lipinski definition) is 1. The number of amides is 1. The predicted molar refractivity (Wildman–Crippen MR) is 75.4 cm³/mol. The molecule has 19 heavy (non-hydrogen) atoms. The number of carbonyl (C=O) groups is 1. The summed E-state index contributed by atoms with van der Waals surface area (Å²) < 4.78 is 2.00. The van der Waals surface area contributed by atoms with Crippen LogP contribution in [0.5, 0.6) is 0 Å². The first-order valence-corrected chi connectivity index (χ1v) is 6.66. The van der Waals surface area contributed by atoms with Gasteiger partial charge in [-0.25, -0.2) is 0 Å². The Bertz CT molecular complexity index is 574. The van der Waals surface area contributed by atoms with Crippen molar-refractivity contribution in [3.8, 4) is 6.07 Å². The van der Waals surface area contributed by atoms with Crippen LogP contribution >= 0.6 is 15.9 Å². The highest BCUT2D eigenvalue weighted by molar-refractivity contribution is 9.10. The van der Waals surface area contributed by atoms with Gasteiger partial charge in [-0.2, -0.15) is 5.26 Å². The van der Waals surface area contributed by atoms with Gasteiger partial charge in [0.2, 0.25) is 5.91 Å². The number of halogens is 1. The zero-order valence-corrected chi connectivity index (χ0v) is 12.7. The fourth-order valence-corrected chi connectivity index (χ4v) is 1.79. The first kappa shape index (κ1) is 15.4. The van der Waals surface area contributed by atoms with Gasteiger partial charge in [-0.15, -0.1) is 0 Å². The molecular weight excluding hydrogens is 310 g/mol. The summed E-state index contributed by atoms with van der Waals surface area (Å²) in [7, 11) is 0. The zero-order chi connectivity index (χ0) is 14.6. The Labute approximate surface area is 120 Å². The quantitative estimate of drug-likeness (QED) is 0.914. The molecule has 0 aliphatic carbocycles. The number of carbonyl (C=O) groups excluding carboxylic acids is 1. The third-order valence-corrected chi connectivity index (χ3v) is 3.52. The van der Waals surface area contributed by atoms with E-state index < -0.39 is 5.54 Å². The lowest BCUT2D eigenvalue weighted by Crippen LogP contribution is -2.50. The van der Waals surface area contributed by atoms with Gasteiger partial charge in [-0.1, -0.05) is 13.8 Å². The number of aromatic nitrogens is 1. The normalized spacial score (nSPS) is 13.7. The van der Waals surface area contributed by atoms with Crippen LogP contribution in [0.3, 0.4) is 0 Å². The number of nitriles is 1. The Hall–Kier alpha value is -1.61. The van der Waals surface area contributed by atoms with Crippen LogP contribution in [-0.4, -0.2) is 16.0 Å². The molecule has 0 fully saturated rings. The van der Waals surface area contributed by atoms with Gasteiger partial charge in [0, 0.05) is 16.7 Å². The predicted octanol–water partition coefficient (Wildman–Crippen LogP) is 1.67. The van der Waals surface area contributed by atoms with E-state index in [9.17, 15) is 9.59 Å². The first-order chi connectivity index (χ1) is 8.78. The van der Waals surface area contributed by atoms with Gasteiger partial charge in [-0.3, -0.25) is 9.59 Å². The lowest BCUT2D eigenvalue weighted by Gasteiger charge is -2.27. The SMILES string of the molecule is CC(C)[C@](C)(C#N)NC(=O)Cn1cc(Br)ccc1=O. The van der Waals surface area contributed by atoms with E-state index in [2.05, 4.69) is 27.3 Å². The summed E-state index contributed by atoms with van der Waals surface area (Å²) in [4.78, 5) is 23.5. The molecule has 1 N–H and O–H groups in total. The van der Waals surface area contributed by atoms with Crippen LogP contribution in [0.2, 0.25) is 0 Å². The Balaban J connectivity index is 2.84. The van der Waals surface area contributed by atoms with Crippen LogP contribution in [0, 0.1) is 17.2 Å². The second-order valence-corrected chi connectivity index (χ2v) is 5.75. The van der Waals surface area contributed by atoms with Gasteiger partial charge in [0.15, 0.2) is 0 Å². The molecule has 102 valence electrons. The van der Waals surface area contributed by atoms with Gasteiger partial charge in [0.05, 0.1) is 6.07 Å². The van der Waals surface area contributed by atoms with Crippen molar-refractivity contribution in [2.24, 2.45) is 5.92 Å². The highest BCUT2D eigenvalue weighted by Crippen LogP contribution is 2.15. The topological polar surface area (TPSA) is 74.9 Å². The van der Waals surface area contributed by atoms with Crippen LogP contribution in [-0.2, 0) is 11.3 Å². The molecule has 1 heterocycles. The maximum absolute atomic E-state index is 11.9. The van der Waals surface area contributed by atoms with E-state index in [-0.39, 0.29) is 23.9 Å². The van der Waals surface area contributed by atoms with Crippen LogP contribution in [0.25, 0.3) is 0 Å². The summed E-state index contributed by atoms with van der Waals surface area (Å²) in [6.45, 7) is 5.27. The minimum Gasteiger partial charge on any atom is -0.336 e. The van der Waals surface area contributed by atoms with Crippen molar-refractivity contribution < 1.29 is 4.79 Å². The lowest BCUT2D eigenvalue weighted by atomic mass is 9.90. The Morgan fingerprint density at radius 3 is 2.74 bits per heavy atom. The monoisotopic (exact) mass is 325 g/mol. The van der Waals surface area contributed by atoms with E-state index in [0.717, 1.165) is 0 Å². The fraction of sp³-hybridized carbons (Fsp3) is 0.462. The molecule has 0 aliphatic rings. The van der Waals surface area contributed by atoms with Gasteiger partial charge in [0.25, 0.3) is 5.56 Å². The fourth-order valence-electron chi connectivity index (χ4n) is 1.41. The largest absolute Gasteiger partial charge is 0.336 e. The van der Waals surface area contributed by atoms with Gasteiger partial charge >= 0.3 is 0 Å². The van der Waals surface area contributed by atoms with Crippen LogP contribution in [0.15, 0.2) is 27.6 Å². The van der Waals surface area contributed by atoms with E-state index in [4.69, 9.17) is 5.26 Å².